The third-order valence-corrected chi connectivity index (χ3v) is 4.13. The molecule has 0 saturated heterocycles. The van der Waals surface area contributed by atoms with Crippen LogP contribution < -0.4 is 15.4 Å². The smallest absolute Gasteiger partial charge is 0.323 e. The van der Waals surface area contributed by atoms with Gasteiger partial charge in [-0.05, 0) is 55.0 Å². The van der Waals surface area contributed by atoms with Crippen LogP contribution >= 0.6 is 11.6 Å². The number of nitrogens with zero attached hydrogens (tertiary/aromatic N) is 1. The van der Waals surface area contributed by atoms with Crippen LogP contribution in [0.2, 0.25) is 5.02 Å². The van der Waals surface area contributed by atoms with E-state index in [0.29, 0.717) is 33.6 Å². The van der Waals surface area contributed by atoms with Crippen molar-refractivity contribution in [1.29, 1.82) is 0 Å². The van der Waals surface area contributed by atoms with E-state index in [9.17, 15) is 4.79 Å². The topological polar surface area (TPSA) is 54.7 Å². The summed E-state index contributed by atoms with van der Waals surface area (Å²) in [5.74, 6) is 1.19. The Bertz CT molecular complexity index is 1010. The molecule has 0 spiro atoms. The minimum Gasteiger partial charge on any atom is -0.457 e. The minimum absolute atomic E-state index is 0.365. The van der Waals surface area contributed by atoms with E-state index in [-0.39, 0.29) is 6.03 Å². The Balaban J connectivity index is 1.65. The number of nitrogens with one attached hydrogen (secondary N) is 2. The van der Waals surface area contributed by atoms with E-state index in [4.69, 9.17) is 22.9 Å². The van der Waals surface area contributed by atoms with Gasteiger partial charge in [-0.25, -0.2) is 9.64 Å². The molecule has 0 radical (unpaired) electrons. The normalized spacial score (nSPS) is 9.96. The van der Waals surface area contributed by atoms with Gasteiger partial charge in [-0.15, -0.1) is 0 Å². The lowest BCUT2D eigenvalue weighted by atomic mass is 10.2. The summed E-state index contributed by atoms with van der Waals surface area (Å²) in [6.07, 6.45) is 0. The molecule has 0 atom stereocenters. The third kappa shape index (κ3) is 5.00. The highest BCUT2D eigenvalue weighted by Gasteiger charge is 2.06. The molecule has 3 aromatic rings. The Hall–Kier alpha value is -3.49. The monoisotopic (exact) mass is 377 g/mol. The van der Waals surface area contributed by atoms with Crippen LogP contribution in [0.15, 0.2) is 66.7 Å². The molecule has 0 aromatic heterocycles. The summed E-state index contributed by atoms with van der Waals surface area (Å²) in [6, 6.07) is 18.8. The zero-order valence-electron chi connectivity index (χ0n) is 14.5. The van der Waals surface area contributed by atoms with Crippen molar-refractivity contribution < 1.29 is 9.53 Å². The summed E-state index contributed by atoms with van der Waals surface area (Å²) in [5, 5.41) is 6.18. The number of aryl methyl sites for hydroxylation is 1. The number of rotatable bonds is 4. The van der Waals surface area contributed by atoms with Gasteiger partial charge in [-0.2, -0.15) is 0 Å². The maximum Gasteiger partial charge on any atom is 0.323 e. The van der Waals surface area contributed by atoms with Crippen molar-refractivity contribution in [1.82, 2.24) is 0 Å². The van der Waals surface area contributed by atoms with Gasteiger partial charge in [-0.3, -0.25) is 0 Å². The van der Waals surface area contributed by atoms with Crippen LogP contribution in [-0.4, -0.2) is 6.03 Å². The van der Waals surface area contributed by atoms with Gasteiger partial charge in [0, 0.05) is 22.5 Å². The van der Waals surface area contributed by atoms with Crippen LogP contribution in [0.4, 0.5) is 21.9 Å². The quantitative estimate of drug-likeness (QED) is 0.501. The molecule has 0 fully saturated rings. The molecule has 0 saturated carbocycles. The number of halogens is 1. The number of urea groups is 1. The molecule has 0 aliphatic rings. The van der Waals surface area contributed by atoms with Gasteiger partial charge in [0.15, 0.2) is 5.69 Å². The number of hydrogen-bond acceptors (Lipinski definition) is 2. The number of hydrogen-bond donors (Lipinski definition) is 2. The second-order valence-electron chi connectivity index (χ2n) is 5.78. The van der Waals surface area contributed by atoms with Crippen molar-refractivity contribution >= 4 is 34.7 Å². The molecule has 0 bridgehead atoms. The van der Waals surface area contributed by atoms with Gasteiger partial charge in [-0.1, -0.05) is 29.8 Å². The highest BCUT2D eigenvalue weighted by molar-refractivity contribution is 6.31. The number of ether oxygens (including phenoxy) is 1. The van der Waals surface area contributed by atoms with Crippen molar-refractivity contribution in [2.24, 2.45) is 0 Å². The van der Waals surface area contributed by atoms with E-state index >= 15 is 0 Å². The van der Waals surface area contributed by atoms with Crippen LogP contribution in [0.25, 0.3) is 4.85 Å². The molecule has 0 aliphatic heterocycles. The molecule has 27 heavy (non-hydrogen) atoms. The fourth-order valence-electron chi connectivity index (χ4n) is 2.38. The van der Waals surface area contributed by atoms with Gasteiger partial charge >= 0.3 is 6.03 Å². The molecular weight excluding hydrogens is 362 g/mol. The van der Waals surface area contributed by atoms with E-state index in [1.54, 1.807) is 66.7 Å². The van der Waals surface area contributed by atoms with Gasteiger partial charge in [0.05, 0.1) is 6.57 Å². The maximum atomic E-state index is 12.2. The number of anilines is 2. The second-order valence-corrected chi connectivity index (χ2v) is 6.19. The number of carbonyl (C=O) groups is 1. The summed E-state index contributed by atoms with van der Waals surface area (Å²) in [4.78, 5) is 15.5. The minimum atomic E-state index is -0.365. The van der Waals surface area contributed by atoms with Crippen LogP contribution in [0.5, 0.6) is 11.5 Å². The summed E-state index contributed by atoms with van der Waals surface area (Å²) < 4.78 is 5.76. The molecule has 0 aliphatic carbocycles. The first-order chi connectivity index (χ1) is 13.0. The fourth-order valence-corrected chi connectivity index (χ4v) is 2.50. The highest BCUT2D eigenvalue weighted by Crippen LogP contribution is 2.26. The van der Waals surface area contributed by atoms with Gasteiger partial charge in [0.25, 0.3) is 0 Å². The Morgan fingerprint density at radius 1 is 0.963 bits per heavy atom. The van der Waals surface area contributed by atoms with Crippen molar-refractivity contribution in [3.05, 3.63) is 88.7 Å². The van der Waals surface area contributed by atoms with Crippen LogP contribution in [0.3, 0.4) is 0 Å². The molecule has 0 unspecified atom stereocenters. The molecule has 3 rings (SSSR count). The maximum absolute atomic E-state index is 12.2. The number of carbonyl (C=O) groups excluding carboxylic acids is 1. The standard InChI is InChI=1S/C21H16ClN3O2/c1-14-12-17(8-11-20(14)22)25-21(26)24-16-4-3-5-19(13-16)27-18-9-6-15(23-2)7-10-18/h3-13H,1H3,(H2,24,25,26). The molecule has 6 heteroatoms. The van der Waals surface area contributed by atoms with Gasteiger partial charge in [0.2, 0.25) is 0 Å². The largest absolute Gasteiger partial charge is 0.457 e. The van der Waals surface area contributed by atoms with E-state index in [1.165, 1.54) is 0 Å². The van der Waals surface area contributed by atoms with Crippen LogP contribution in [-0.2, 0) is 0 Å². The lowest BCUT2D eigenvalue weighted by Crippen LogP contribution is -2.19. The molecule has 5 nitrogen and oxygen atoms in total. The number of benzene rings is 3. The van der Waals surface area contributed by atoms with E-state index in [0.717, 1.165) is 5.56 Å². The van der Waals surface area contributed by atoms with Crippen molar-refractivity contribution in [2.45, 2.75) is 6.92 Å². The average Bonchev–Trinajstić information content (AvgIpc) is 2.65. The average molecular weight is 378 g/mol. The number of amides is 2. The Morgan fingerprint density at radius 2 is 1.67 bits per heavy atom. The van der Waals surface area contributed by atoms with E-state index in [1.807, 2.05) is 6.92 Å². The fraction of sp³-hybridized carbons (Fsp3) is 0.0476. The van der Waals surface area contributed by atoms with Crippen LogP contribution in [0, 0.1) is 13.5 Å². The van der Waals surface area contributed by atoms with Crippen molar-refractivity contribution in [3.63, 3.8) is 0 Å². The SMILES string of the molecule is [C-]#[N+]c1ccc(Oc2cccc(NC(=O)Nc3ccc(Cl)c(C)c3)c2)cc1. The highest BCUT2D eigenvalue weighted by atomic mass is 35.5. The third-order valence-electron chi connectivity index (χ3n) is 3.71. The van der Waals surface area contributed by atoms with Crippen molar-refractivity contribution in [3.8, 4) is 11.5 Å². The van der Waals surface area contributed by atoms with Crippen LogP contribution in [0.1, 0.15) is 5.56 Å². The first-order valence-electron chi connectivity index (χ1n) is 8.13. The zero-order chi connectivity index (χ0) is 19.2. The predicted octanol–water partition coefficient (Wildman–Crippen LogP) is 6.64. The van der Waals surface area contributed by atoms with Gasteiger partial charge < -0.3 is 15.4 Å². The zero-order valence-corrected chi connectivity index (χ0v) is 15.2. The van der Waals surface area contributed by atoms with Gasteiger partial charge in [0.1, 0.15) is 11.5 Å². The van der Waals surface area contributed by atoms with Crippen molar-refractivity contribution in [2.75, 3.05) is 10.6 Å². The van der Waals surface area contributed by atoms with E-state index in [2.05, 4.69) is 15.5 Å². The van der Waals surface area contributed by atoms with E-state index < -0.39 is 0 Å². The summed E-state index contributed by atoms with van der Waals surface area (Å²) in [6.45, 7) is 8.83. The Morgan fingerprint density at radius 3 is 2.33 bits per heavy atom. The Labute approximate surface area is 162 Å². The lowest BCUT2D eigenvalue weighted by Gasteiger charge is -2.11. The lowest BCUT2D eigenvalue weighted by molar-refractivity contribution is 0.262. The molecule has 2 amide bonds. The Kier molecular flexibility index (Phi) is 5.60. The summed E-state index contributed by atoms with van der Waals surface area (Å²) >= 11 is 5.99. The predicted molar refractivity (Wildman–Crippen MR) is 108 cm³/mol. The second kappa shape index (κ2) is 8.26. The molecule has 2 N–H and O–H groups in total. The first-order valence-corrected chi connectivity index (χ1v) is 8.51. The molecule has 3 aromatic carbocycles. The molecule has 0 heterocycles. The first kappa shape index (κ1) is 18.3. The summed E-state index contributed by atoms with van der Waals surface area (Å²) in [5.41, 5.74) is 2.68. The molecular formula is C21H16ClN3O2. The molecule has 134 valence electrons. The summed E-state index contributed by atoms with van der Waals surface area (Å²) in [7, 11) is 0.